The Kier molecular flexibility index (Phi) is 14.0. The van der Waals surface area contributed by atoms with Gasteiger partial charge in [0.05, 0.1) is 0 Å². The molecule has 0 bridgehead atoms. The highest BCUT2D eigenvalue weighted by atomic mass is 35.5. The number of aryl methyl sites for hydroxylation is 1. The van der Waals surface area contributed by atoms with E-state index in [9.17, 15) is 9.59 Å². The molecule has 0 aliphatic carbocycles. The zero-order valence-electron chi connectivity index (χ0n) is 24.2. The highest BCUT2D eigenvalue weighted by Crippen LogP contribution is 2.27. The second kappa shape index (κ2) is 18.2. The summed E-state index contributed by atoms with van der Waals surface area (Å²) in [5.74, 6) is -1.21. The molecule has 0 fully saturated rings. The Morgan fingerprint density at radius 3 is 1.77 bits per heavy atom. The third kappa shape index (κ3) is 13.0. The highest BCUT2D eigenvalue weighted by Gasteiger charge is 2.14. The number of carbonyl (C=O) groups is 2. The quantitative estimate of drug-likeness (QED) is 0.128. The predicted octanol–water partition coefficient (Wildman–Crippen LogP) is 7.76. The lowest BCUT2D eigenvalue weighted by atomic mass is 9.88. The Hall–Kier alpha value is -4.39. The van der Waals surface area contributed by atoms with Gasteiger partial charge in [0.25, 0.3) is 0 Å². The van der Waals surface area contributed by atoms with Gasteiger partial charge in [-0.05, 0) is 79.3 Å². The van der Waals surface area contributed by atoms with E-state index in [4.69, 9.17) is 26.6 Å². The average Bonchev–Trinajstić information content (AvgIpc) is 3.02. The number of aliphatic carboxylic acids is 2. The van der Waals surface area contributed by atoms with Crippen molar-refractivity contribution in [2.45, 2.75) is 44.8 Å². The van der Waals surface area contributed by atoms with Crippen molar-refractivity contribution >= 4 is 23.5 Å². The van der Waals surface area contributed by atoms with E-state index in [-0.39, 0.29) is 0 Å². The lowest BCUT2D eigenvalue weighted by molar-refractivity contribution is -0.134. The topological polar surface area (TPSA) is 95.9 Å². The largest absolute Gasteiger partial charge is 0.489 e. The Balaban J connectivity index is 0.000000557. The second-order valence-electron chi connectivity index (χ2n) is 10.1. The summed E-state index contributed by atoms with van der Waals surface area (Å²) in [6.07, 6.45) is 4.35. The van der Waals surface area contributed by atoms with Crippen LogP contribution in [0.3, 0.4) is 0 Å². The minimum absolute atomic E-state index is 0.414. The van der Waals surface area contributed by atoms with E-state index >= 15 is 0 Å². The van der Waals surface area contributed by atoms with E-state index in [2.05, 4.69) is 97.2 Å². The molecule has 0 radical (unpaired) electrons. The average molecular weight is 600 g/mol. The van der Waals surface area contributed by atoms with Crippen molar-refractivity contribution in [2.24, 2.45) is 0 Å². The van der Waals surface area contributed by atoms with Gasteiger partial charge in [0.2, 0.25) is 0 Å². The molecule has 4 aromatic rings. The molecule has 0 heterocycles. The van der Waals surface area contributed by atoms with E-state index in [1.165, 1.54) is 16.7 Å². The molecular weight excluding hydrogens is 562 g/mol. The monoisotopic (exact) mass is 599 g/mol. The molecule has 6 nitrogen and oxygen atoms in total. The van der Waals surface area contributed by atoms with Crippen LogP contribution in [0.25, 0.3) is 0 Å². The summed E-state index contributed by atoms with van der Waals surface area (Å²) in [6, 6.07) is 38.4. The van der Waals surface area contributed by atoms with Crippen LogP contribution >= 0.6 is 11.6 Å². The van der Waals surface area contributed by atoms with Gasteiger partial charge in [-0.1, -0.05) is 96.5 Å². The van der Waals surface area contributed by atoms with Crippen LogP contribution in [0.4, 0.5) is 0 Å². The molecule has 7 heteroatoms. The minimum Gasteiger partial charge on any atom is -0.489 e. The number of ether oxygens (including phenoxy) is 1. The molecule has 1 unspecified atom stereocenters. The van der Waals surface area contributed by atoms with Gasteiger partial charge in [0.1, 0.15) is 12.4 Å². The highest BCUT2D eigenvalue weighted by molar-refractivity contribution is 6.30. The molecule has 0 aliphatic heterocycles. The molecule has 3 N–H and O–H groups in total. The smallest absolute Gasteiger partial charge is 0.328 e. The molecule has 4 aromatic carbocycles. The van der Waals surface area contributed by atoms with Crippen molar-refractivity contribution in [3.8, 4) is 5.75 Å². The Morgan fingerprint density at radius 2 is 1.26 bits per heavy atom. The summed E-state index contributed by atoms with van der Waals surface area (Å²) in [5.41, 5.74) is 5.21. The minimum atomic E-state index is -1.26. The van der Waals surface area contributed by atoms with Crippen LogP contribution in [0, 0.1) is 0 Å². The van der Waals surface area contributed by atoms with Gasteiger partial charge >= 0.3 is 11.9 Å². The summed E-state index contributed by atoms with van der Waals surface area (Å²) in [7, 11) is 0. The summed E-state index contributed by atoms with van der Waals surface area (Å²) < 4.78 is 5.91. The maximum atomic E-state index is 9.55. The van der Waals surface area contributed by atoms with Crippen molar-refractivity contribution in [1.29, 1.82) is 0 Å². The molecule has 4 rings (SSSR count). The first-order chi connectivity index (χ1) is 20.8. The molecule has 1 atom stereocenters. The van der Waals surface area contributed by atoms with E-state index in [1.807, 2.05) is 24.3 Å². The number of hydrogen-bond donors (Lipinski definition) is 3. The van der Waals surface area contributed by atoms with Crippen molar-refractivity contribution in [1.82, 2.24) is 5.32 Å². The number of rotatable bonds is 14. The van der Waals surface area contributed by atoms with E-state index in [1.54, 1.807) is 0 Å². The van der Waals surface area contributed by atoms with Crippen molar-refractivity contribution < 1.29 is 24.5 Å². The Labute approximate surface area is 258 Å². The lowest BCUT2D eigenvalue weighted by Gasteiger charge is -2.20. The molecule has 0 saturated carbocycles. The molecular formula is C36H38ClNO5. The van der Waals surface area contributed by atoms with Crippen LogP contribution in [-0.4, -0.2) is 34.7 Å². The Morgan fingerprint density at radius 1 is 0.744 bits per heavy atom. The number of hydrogen-bond acceptors (Lipinski definition) is 4. The van der Waals surface area contributed by atoms with E-state index < -0.39 is 11.9 Å². The summed E-state index contributed by atoms with van der Waals surface area (Å²) in [4.78, 5) is 19.1. The predicted molar refractivity (Wildman–Crippen MR) is 172 cm³/mol. The third-order valence-electron chi connectivity index (χ3n) is 6.81. The lowest BCUT2D eigenvalue weighted by Crippen LogP contribution is -2.28. The zero-order valence-corrected chi connectivity index (χ0v) is 25.0. The van der Waals surface area contributed by atoms with Gasteiger partial charge in [-0.3, -0.25) is 0 Å². The fraction of sp³-hybridized carbons (Fsp3) is 0.222. The summed E-state index contributed by atoms with van der Waals surface area (Å²) in [6.45, 7) is 3.82. The first kappa shape index (κ1) is 33.1. The van der Waals surface area contributed by atoms with Crippen LogP contribution in [0.1, 0.15) is 47.9 Å². The second-order valence-corrected chi connectivity index (χ2v) is 10.6. The van der Waals surface area contributed by atoms with Crippen molar-refractivity contribution in [2.75, 3.05) is 6.54 Å². The van der Waals surface area contributed by atoms with Crippen molar-refractivity contribution in [3.05, 3.63) is 149 Å². The molecule has 0 amide bonds. The maximum absolute atomic E-state index is 9.55. The van der Waals surface area contributed by atoms with Crippen LogP contribution < -0.4 is 10.1 Å². The summed E-state index contributed by atoms with van der Waals surface area (Å²) in [5, 5.41) is 20.1. The molecule has 0 aromatic heterocycles. The molecule has 0 spiro atoms. The fourth-order valence-corrected chi connectivity index (χ4v) is 4.62. The van der Waals surface area contributed by atoms with Gasteiger partial charge in [-0.2, -0.15) is 0 Å². The summed E-state index contributed by atoms with van der Waals surface area (Å²) >= 11 is 5.95. The van der Waals surface area contributed by atoms with Gasteiger partial charge in [0, 0.05) is 29.1 Å². The van der Waals surface area contributed by atoms with Crippen LogP contribution in [0.15, 0.2) is 121 Å². The maximum Gasteiger partial charge on any atom is 0.328 e. The van der Waals surface area contributed by atoms with E-state index in [0.717, 1.165) is 42.1 Å². The van der Waals surface area contributed by atoms with Crippen molar-refractivity contribution in [3.63, 3.8) is 0 Å². The van der Waals surface area contributed by atoms with Gasteiger partial charge in [-0.15, -0.1) is 0 Å². The van der Waals surface area contributed by atoms with Crippen LogP contribution in [0.5, 0.6) is 5.75 Å². The number of benzene rings is 4. The standard InChI is InChI=1S/C32H34ClNO.C4H4O4/c1-25(34-23-22-32(28-8-4-2-5-9-28)29-10-6-3-7-11-29)12-13-26-16-20-31(21-17-26)35-24-27-14-18-30(33)19-15-27;5-3(6)1-2-4(7)8/h2-11,14-21,25,32,34H,12-13,22-24H2,1H3;1-2H,(H,5,6)(H,7,8). The third-order valence-corrected chi connectivity index (χ3v) is 7.06. The van der Waals surface area contributed by atoms with Gasteiger partial charge < -0.3 is 20.3 Å². The molecule has 43 heavy (non-hydrogen) atoms. The Bertz CT molecular complexity index is 1350. The van der Waals surface area contributed by atoms with Crippen LogP contribution in [-0.2, 0) is 22.6 Å². The van der Waals surface area contributed by atoms with E-state index in [0.29, 0.717) is 30.7 Å². The number of carboxylic acids is 2. The number of halogens is 1. The van der Waals surface area contributed by atoms with Gasteiger partial charge in [-0.25, -0.2) is 9.59 Å². The van der Waals surface area contributed by atoms with Crippen LogP contribution in [0.2, 0.25) is 5.02 Å². The first-order valence-corrected chi connectivity index (χ1v) is 14.6. The first-order valence-electron chi connectivity index (χ1n) is 14.2. The normalized spacial score (nSPS) is 11.5. The molecule has 224 valence electrons. The van der Waals surface area contributed by atoms with Gasteiger partial charge in [0.15, 0.2) is 0 Å². The zero-order chi connectivity index (χ0) is 30.9. The number of carboxylic acid groups (broad SMARTS) is 2. The SMILES string of the molecule is CC(CCc1ccc(OCc2ccc(Cl)cc2)cc1)NCCC(c1ccccc1)c1ccccc1.O=C(O)C=CC(=O)O. The fourth-order valence-electron chi connectivity index (χ4n) is 4.50. The molecule has 0 saturated heterocycles. The molecule has 0 aliphatic rings. The number of nitrogens with one attached hydrogen (secondary N) is 1.